The van der Waals surface area contributed by atoms with E-state index >= 15 is 0 Å². The van der Waals surface area contributed by atoms with E-state index in [1.54, 1.807) is 7.05 Å². The summed E-state index contributed by atoms with van der Waals surface area (Å²) in [5.41, 5.74) is 1.98. The summed E-state index contributed by atoms with van der Waals surface area (Å²) in [4.78, 5) is 0. The van der Waals surface area contributed by atoms with Crippen molar-refractivity contribution in [2.75, 3.05) is 7.05 Å². The van der Waals surface area contributed by atoms with E-state index < -0.39 is 0 Å². The highest BCUT2D eigenvalue weighted by atomic mass is 16.5. The Morgan fingerprint density at radius 2 is 2.14 bits per heavy atom. The highest BCUT2D eigenvalue weighted by Crippen LogP contribution is 2.17. The average Bonchev–Trinajstić information content (AvgIpc) is 2.44. The molecule has 0 aliphatic carbocycles. The molecule has 4 heteroatoms. The van der Waals surface area contributed by atoms with Crippen molar-refractivity contribution in [2.24, 2.45) is 7.05 Å². The van der Waals surface area contributed by atoms with E-state index in [4.69, 9.17) is 5.21 Å². The van der Waals surface area contributed by atoms with Crippen LogP contribution < -0.4 is 0 Å². The lowest BCUT2D eigenvalue weighted by molar-refractivity contribution is -0.0738. The Hall–Kier alpha value is -1.39. The van der Waals surface area contributed by atoms with Crippen LogP contribution in [0.2, 0.25) is 0 Å². The van der Waals surface area contributed by atoms with E-state index in [0.29, 0.717) is 6.54 Å². The number of benzene rings is 1. The molecular weight excluding hydrogens is 178 g/mol. The molecular formula is C10H13N3O. The molecule has 1 aromatic heterocycles. The second-order valence-corrected chi connectivity index (χ2v) is 3.40. The zero-order chi connectivity index (χ0) is 10.1. The lowest BCUT2D eigenvalue weighted by Crippen LogP contribution is -2.12. The molecule has 0 radical (unpaired) electrons. The van der Waals surface area contributed by atoms with E-state index in [-0.39, 0.29) is 0 Å². The van der Waals surface area contributed by atoms with E-state index in [1.165, 1.54) is 0 Å². The number of rotatable bonds is 2. The van der Waals surface area contributed by atoms with Crippen LogP contribution in [-0.2, 0) is 13.6 Å². The van der Waals surface area contributed by atoms with Gasteiger partial charge in [0.25, 0.3) is 0 Å². The van der Waals surface area contributed by atoms with Gasteiger partial charge in [0.15, 0.2) is 0 Å². The standard InChI is InChI=1S/C10H13N3O/c1-12(14)7-9-8-5-3-4-6-10(8)13(2)11-9/h3-6,14H,7H2,1-2H3. The van der Waals surface area contributed by atoms with Crippen LogP contribution in [0.5, 0.6) is 0 Å². The van der Waals surface area contributed by atoms with Crippen molar-refractivity contribution >= 4 is 10.9 Å². The second-order valence-electron chi connectivity index (χ2n) is 3.40. The fourth-order valence-electron chi connectivity index (χ4n) is 1.62. The van der Waals surface area contributed by atoms with Crippen LogP contribution in [0.15, 0.2) is 24.3 Å². The van der Waals surface area contributed by atoms with Crippen LogP contribution in [0.1, 0.15) is 5.69 Å². The minimum atomic E-state index is 0.446. The Morgan fingerprint density at radius 1 is 1.43 bits per heavy atom. The molecule has 0 aliphatic heterocycles. The van der Waals surface area contributed by atoms with E-state index in [2.05, 4.69) is 5.10 Å². The first kappa shape index (κ1) is 9.18. The fourth-order valence-corrected chi connectivity index (χ4v) is 1.62. The van der Waals surface area contributed by atoms with Crippen molar-refractivity contribution in [3.05, 3.63) is 30.0 Å². The van der Waals surface area contributed by atoms with Crippen molar-refractivity contribution in [3.63, 3.8) is 0 Å². The third kappa shape index (κ3) is 1.49. The van der Waals surface area contributed by atoms with Crippen molar-refractivity contribution in [1.82, 2.24) is 14.8 Å². The highest BCUT2D eigenvalue weighted by Gasteiger charge is 2.08. The fraction of sp³-hybridized carbons (Fsp3) is 0.300. The topological polar surface area (TPSA) is 41.3 Å². The molecule has 1 aromatic carbocycles. The van der Waals surface area contributed by atoms with Gasteiger partial charge in [-0.2, -0.15) is 10.2 Å². The Kier molecular flexibility index (Phi) is 2.23. The first-order valence-electron chi connectivity index (χ1n) is 4.49. The van der Waals surface area contributed by atoms with Gasteiger partial charge in [-0.1, -0.05) is 18.2 Å². The Balaban J connectivity index is 2.55. The predicted molar refractivity (Wildman–Crippen MR) is 54.0 cm³/mol. The van der Waals surface area contributed by atoms with Crippen molar-refractivity contribution < 1.29 is 5.21 Å². The summed E-state index contributed by atoms with van der Waals surface area (Å²) in [6.45, 7) is 0.446. The summed E-state index contributed by atoms with van der Waals surface area (Å²) < 4.78 is 1.83. The third-order valence-corrected chi connectivity index (χ3v) is 2.21. The van der Waals surface area contributed by atoms with E-state index in [0.717, 1.165) is 21.7 Å². The molecule has 0 spiro atoms. The molecule has 4 nitrogen and oxygen atoms in total. The Bertz CT molecular complexity index is 448. The van der Waals surface area contributed by atoms with E-state index in [1.807, 2.05) is 36.0 Å². The first-order chi connectivity index (χ1) is 6.68. The molecule has 2 aromatic rings. The summed E-state index contributed by atoms with van der Waals surface area (Å²) in [5.74, 6) is 0. The van der Waals surface area contributed by atoms with Crippen LogP contribution in [0.3, 0.4) is 0 Å². The zero-order valence-corrected chi connectivity index (χ0v) is 8.31. The number of fused-ring (bicyclic) bond motifs is 1. The number of aryl methyl sites for hydroxylation is 1. The van der Waals surface area contributed by atoms with Gasteiger partial charge in [-0.25, -0.2) is 0 Å². The minimum absolute atomic E-state index is 0.446. The number of hydrogen-bond acceptors (Lipinski definition) is 3. The number of nitrogens with zero attached hydrogens (tertiary/aromatic N) is 3. The van der Waals surface area contributed by atoms with Gasteiger partial charge in [-0.3, -0.25) is 4.68 Å². The summed E-state index contributed by atoms with van der Waals surface area (Å²) in [6, 6.07) is 7.99. The molecule has 0 saturated carbocycles. The SMILES string of the molecule is CN(O)Cc1nn(C)c2ccccc12. The van der Waals surface area contributed by atoms with Gasteiger partial charge in [0.2, 0.25) is 0 Å². The normalized spacial score (nSPS) is 11.4. The summed E-state index contributed by atoms with van der Waals surface area (Å²) in [5, 5.41) is 15.7. The van der Waals surface area contributed by atoms with Crippen LogP contribution in [-0.4, -0.2) is 27.1 Å². The largest absolute Gasteiger partial charge is 0.314 e. The van der Waals surface area contributed by atoms with Gasteiger partial charge in [0, 0.05) is 19.5 Å². The van der Waals surface area contributed by atoms with Crippen molar-refractivity contribution in [3.8, 4) is 0 Å². The number of para-hydroxylation sites is 1. The highest BCUT2D eigenvalue weighted by molar-refractivity contribution is 5.81. The van der Waals surface area contributed by atoms with Crippen molar-refractivity contribution in [2.45, 2.75) is 6.54 Å². The molecule has 1 heterocycles. The maximum Gasteiger partial charge on any atom is 0.0867 e. The predicted octanol–water partition coefficient (Wildman–Crippen LogP) is 1.39. The summed E-state index contributed by atoms with van der Waals surface area (Å²) in [7, 11) is 3.52. The molecule has 2 rings (SSSR count). The molecule has 0 atom stereocenters. The minimum Gasteiger partial charge on any atom is -0.314 e. The molecule has 0 fully saturated rings. The van der Waals surface area contributed by atoms with Gasteiger partial charge in [-0.05, 0) is 6.07 Å². The molecule has 0 aliphatic rings. The van der Waals surface area contributed by atoms with Gasteiger partial charge in [0.1, 0.15) is 0 Å². The van der Waals surface area contributed by atoms with Gasteiger partial charge in [-0.15, -0.1) is 0 Å². The number of aromatic nitrogens is 2. The van der Waals surface area contributed by atoms with Gasteiger partial charge >= 0.3 is 0 Å². The molecule has 1 N–H and O–H groups in total. The summed E-state index contributed by atoms with van der Waals surface area (Å²) in [6.07, 6.45) is 0. The summed E-state index contributed by atoms with van der Waals surface area (Å²) >= 11 is 0. The lowest BCUT2D eigenvalue weighted by atomic mass is 10.2. The lowest BCUT2D eigenvalue weighted by Gasteiger charge is -2.04. The van der Waals surface area contributed by atoms with Gasteiger partial charge in [0.05, 0.1) is 17.8 Å². The quantitative estimate of drug-likeness (QED) is 0.729. The average molecular weight is 191 g/mol. The molecule has 0 amide bonds. The monoisotopic (exact) mass is 191 g/mol. The first-order valence-corrected chi connectivity index (χ1v) is 4.49. The zero-order valence-electron chi connectivity index (χ0n) is 8.31. The molecule has 74 valence electrons. The number of hydroxylamine groups is 2. The maximum absolute atomic E-state index is 9.16. The smallest absolute Gasteiger partial charge is 0.0867 e. The van der Waals surface area contributed by atoms with Gasteiger partial charge < -0.3 is 5.21 Å². The third-order valence-electron chi connectivity index (χ3n) is 2.21. The molecule has 0 saturated heterocycles. The maximum atomic E-state index is 9.16. The van der Waals surface area contributed by atoms with E-state index in [9.17, 15) is 0 Å². The van der Waals surface area contributed by atoms with Crippen LogP contribution in [0.4, 0.5) is 0 Å². The molecule has 0 unspecified atom stereocenters. The Morgan fingerprint density at radius 3 is 2.86 bits per heavy atom. The Labute approximate surface area is 82.3 Å². The van der Waals surface area contributed by atoms with Crippen LogP contribution >= 0.6 is 0 Å². The van der Waals surface area contributed by atoms with Crippen LogP contribution in [0, 0.1) is 0 Å². The van der Waals surface area contributed by atoms with Crippen molar-refractivity contribution in [1.29, 1.82) is 0 Å². The molecule has 14 heavy (non-hydrogen) atoms. The molecule has 0 bridgehead atoms. The second kappa shape index (κ2) is 3.40. The number of hydrogen-bond donors (Lipinski definition) is 1. The van der Waals surface area contributed by atoms with Crippen LogP contribution in [0.25, 0.3) is 10.9 Å².